The zero-order chi connectivity index (χ0) is 19.4. The molecule has 7 heteroatoms. The van der Waals surface area contributed by atoms with Crippen LogP contribution in [0.5, 0.6) is 0 Å². The monoisotopic (exact) mass is 373 g/mol. The Kier molecular flexibility index (Phi) is 5.79. The summed E-state index contributed by atoms with van der Waals surface area (Å²) in [7, 11) is 0. The predicted molar refractivity (Wildman–Crippen MR) is 100.0 cm³/mol. The van der Waals surface area contributed by atoms with E-state index in [2.05, 4.69) is 10.6 Å². The van der Waals surface area contributed by atoms with Gasteiger partial charge in [0.05, 0.1) is 18.5 Å². The van der Waals surface area contributed by atoms with Crippen molar-refractivity contribution >= 4 is 17.7 Å². The van der Waals surface area contributed by atoms with Crippen molar-refractivity contribution in [3.8, 4) is 0 Å². The highest BCUT2D eigenvalue weighted by Gasteiger charge is 2.42. The van der Waals surface area contributed by atoms with Crippen molar-refractivity contribution in [2.75, 3.05) is 26.3 Å². The smallest absolute Gasteiger partial charge is 0.244 e. The molecule has 2 N–H and O–H groups in total. The van der Waals surface area contributed by atoms with Crippen LogP contribution in [-0.4, -0.2) is 60.5 Å². The fourth-order valence-corrected chi connectivity index (χ4v) is 3.82. The highest BCUT2D eigenvalue weighted by molar-refractivity contribution is 5.89. The second-order valence-corrected chi connectivity index (χ2v) is 7.58. The number of hydrogen-bond donors (Lipinski definition) is 2. The lowest BCUT2D eigenvalue weighted by molar-refractivity contribution is -0.132. The van der Waals surface area contributed by atoms with Gasteiger partial charge < -0.3 is 20.3 Å². The second kappa shape index (κ2) is 8.08. The van der Waals surface area contributed by atoms with Gasteiger partial charge in [-0.15, -0.1) is 0 Å². The second-order valence-electron chi connectivity index (χ2n) is 7.58. The molecule has 0 radical (unpaired) electrons. The summed E-state index contributed by atoms with van der Waals surface area (Å²) in [5.41, 5.74) is 1.55. The molecule has 1 aromatic carbocycles. The normalized spacial score (nSPS) is 22.1. The molecule has 1 aromatic rings. The van der Waals surface area contributed by atoms with Crippen LogP contribution in [-0.2, 0) is 25.5 Å². The maximum absolute atomic E-state index is 13.0. The van der Waals surface area contributed by atoms with E-state index in [1.807, 2.05) is 31.2 Å². The Bertz CT molecular complexity index is 728. The van der Waals surface area contributed by atoms with E-state index in [1.165, 1.54) is 6.92 Å². The molecule has 1 atom stereocenters. The molecule has 7 nitrogen and oxygen atoms in total. The summed E-state index contributed by atoms with van der Waals surface area (Å²) in [6.45, 7) is 5.07. The lowest BCUT2D eigenvalue weighted by Gasteiger charge is -2.39. The molecular formula is C20H27N3O4. The molecule has 1 unspecified atom stereocenters. The van der Waals surface area contributed by atoms with Crippen molar-refractivity contribution in [2.45, 2.75) is 44.7 Å². The third-order valence-corrected chi connectivity index (χ3v) is 5.22. The van der Waals surface area contributed by atoms with E-state index in [-0.39, 0.29) is 30.7 Å². The van der Waals surface area contributed by atoms with Crippen LogP contribution in [0.15, 0.2) is 24.3 Å². The van der Waals surface area contributed by atoms with Crippen LogP contribution < -0.4 is 10.6 Å². The third kappa shape index (κ3) is 4.86. The van der Waals surface area contributed by atoms with Crippen molar-refractivity contribution in [3.05, 3.63) is 35.4 Å². The number of nitrogens with one attached hydrogen (secondary N) is 2. The molecule has 0 bridgehead atoms. The molecular weight excluding hydrogens is 346 g/mol. The summed E-state index contributed by atoms with van der Waals surface area (Å²) in [5, 5.41) is 5.76. The lowest BCUT2D eigenvalue weighted by atomic mass is 9.89. The van der Waals surface area contributed by atoms with Gasteiger partial charge in [-0.1, -0.05) is 29.8 Å². The number of nitrogens with zero attached hydrogens (tertiary/aromatic N) is 1. The van der Waals surface area contributed by atoms with E-state index in [4.69, 9.17) is 4.74 Å². The van der Waals surface area contributed by atoms with E-state index in [9.17, 15) is 14.4 Å². The number of ether oxygens (including phenoxy) is 1. The largest absolute Gasteiger partial charge is 0.381 e. The molecule has 1 spiro atoms. The molecule has 2 saturated heterocycles. The van der Waals surface area contributed by atoms with Crippen molar-refractivity contribution < 1.29 is 19.1 Å². The van der Waals surface area contributed by atoms with Gasteiger partial charge in [0, 0.05) is 26.7 Å². The predicted octanol–water partition coefficient (Wildman–Crippen LogP) is 0.550. The fraction of sp³-hybridized carbons (Fsp3) is 0.550. The Morgan fingerprint density at radius 3 is 2.74 bits per heavy atom. The maximum Gasteiger partial charge on any atom is 0.244 e. The van der Waals surface area contributed by atoms with Crippen LogP contribution >= 0.6 is 0 Å². The number of rotatable bonds is 3. The number of aryl methyl sites for hydroxylation is 1. The first-order chi connectivity index (χ1) is 12.9. The van der Waals surface area contributed by atoms with Crippen LogP contribution in [0.3, 0.4) is 0 Å². The summed E-state index contributed by atoms with van der Waals surface area (Å²) in [6.07, 6.45) is 1.58. The third-order valence-electron chi connectivity index (χ3n) is 5.22. The van der Waals surface area contributed by atoms with Crippen LogP contribution in [0.2, 0.25) is 0 Å². The summed E-state index contributed by atoms with van der Waals surface area (Å²) < 4.78 is 5.44. The Balaban J connectivity index is 1.82. The molecule has 3 rings (SSSR count). The Morgan fingerprint density at radius 1 is 1.33 bits per heavy atom. The molecule has 0 aliphatic carbocycles. The van der Waals surface area contributed by atoms with Gasteiger partial charge in [0.2, 0.25) is 17.7 Å². The quantitative estimate of drug-likeness (QED) is 0.810. The molecule has 2 heterocycles. The summed E-state index contributed by atoms with van der Waals surface area (Å²) in [4.78, 5) is 39.0. The Labute approximate surface area is 159 Å². The van der Waals surface area contributed by atoms with E-state index in [0.29, 0.717) is 32.6 Å². The molecule has 2 fully saturated rings. The maximum atomic E-state index is 13.0. The first-order valence-electron chi connectivity index (χ1n) is 9.37. The van der Waals surface area contributed by atoms with Gasteiger partial charge in [-0.05, 0) is 25.3 Å². The number of amides is 3. The summed E-state index contributed by atoms with van der Waals surface area (Å²) in [6, 6.07) is 7.11. The molecule has 0 aromatic heterocycles. The minimum Gasteiger partial charge on any atom is -0.381 e. The van der Waals surface area contributed by atoms with Crippen LogP contribution in [0.1, 0.15) is 30.9 Å². The molecule has 27 heavy (non-hydrogen) atoms. The van der Waals surface area contributed by atoms with Gasteiger partial charge in [0.15, 0.2) is 0 Å². The van der Waals surface area contributed by atoms with Gasteiger partial charge in [-0.3, -0.25) is 14.4 Å². The fourth-order valence-electron chi connectivity index (χ4n) is 3.82. The Hall–Kier alpha value is -2.41. The number of benzene rings is 1. The van der Waals surface area contributed by atoms with Gasteiger partial charge in [0.1, 0.15) is 6.04 Å². The van der Waals surface area contributed by atoms with E-state index in [0.717, 1.165) is 11.1 Å². The molecule has 2 aliphatic heterocycles. The molecule has 3 amide bonds. The average molecular weight is 373 g/mol. The topological polar surface area (TPSA) is 87.7 Å². The van der Waals surface area contributed by atoms with Crippen molar-refractivity contribution in [3.63, 3.8) is 0 Å². The minimum absolute atomic E-state index is 0.0432. The van der Waals surface area contributed by atoms with Gasteiger partial charge in [0.25, 0.3) is 0 Å². The van der Waals surface area contributed by atoms with Crippen molar-refractivity contribution in [1.82, 2.24) is 15.5 Å². The molecule has 2 aliphatic rings. The van der Waals surface area contributed by atoms with Crippen molar-refractivity contribution in [1.29, 1.82) is 0 Å². The molecule has 146 valence electrons. The number of carbonyl (C=O) groups is 3. The number of hydrogen-bond acceptors (Lipinski definition) is 4. The van der Waals surface area contributed by atoms with Crippen LogP contribution in [0, 0.1) is 6.92 Å². The Morgan fingerprint density at radius 2 is 2.07 bits per heavy atom. The van der Waals surface area contributed by atoms with Gasteiger partial charge in [-0.25, -0.2) is 0 Å². The molecule has 0 saturated carbocycles. The first-order valence-corrected chi connectivity index (χ1v) is 9.37. The van der Waals surface area contributed by atoms with Gasteiger partial charge >= 0.3 is 0 Å². The first kappa shape index (κ1) is 19.4. The van der Waals surface area contributed by atoms with Crippen molar-refractivity contribution in [2.24, 2.45) is 0 Å². The van der Waals surface area contributed by atoms with Crippen LogP contribution in [0.4, 0.5) is 0 Å². The van der Waals surface area contributed by atoms with Crippen LogP contribution in [0.25, 0.3) is 0 Å². The number of carbonyl (C=O) groups excluding carboxylic acids is 3. The standard InChI is InChI=1S/C20H27N3O4/c1-14-4-3-5-16(10-14)11-18(25)23-12-17(21-15(2)24)19(26)22-20(13-23)6-8-27-9-7-20/h3-5,10,17H,6-9,11-13H2,1-2H3,(H,21,24)(H,22,26). The highest BCUT2D eigenvalue weighted by atomic mass is 16.5. The summed E-state index contributed by atoms with van der Waals surface area (Å²) >= 11 is 0. The van der Waals surface area contributed by atoms with Gasteiger partial charge in [-0.2, -0.15) is 0 Å². The summed E-state index contributed by atoms with van der Waals surface area (Å²) in [5.74, 6) is -0.569. The zero-order valence-electron chi connectivity index (χ0n) is 15.9. The zero-order valence-corrected chi connectivity index (χ0v) is 15.9. The average Bonchev–Trinajstić information content (AvgIpc) is 2.72. The lowest BCUT2D eigenvalue weighted by Crippen LogP contribution is -2.58. The minimum atomic E-state index is -0.744. The van der Waals surface area contributed by atoms with E-state index in [1.54, 1.807) is 4.90 Å². The highest BCUT2D eigenvalue weighted by Crippen LogP contribution is 2.25. The van der Waals surface area contributed by atoms with E-state index < -0.39 is 11.6 Å². The van der Waals surface area contributed by atoms with E-state index >= 15 is 0 Å². The SMILES string of the molecule is CC(=O)NC1CN(C(=O)Cc2cccc(C)c2)CC2(CCOCC2)NC1=O.